The number of carbonyl (C=O) groups is 4. The Bertz CT molecular complexity index is 1660. The molecule has 16 heteroatoms. The summed E-state index contributed by atoms with van der Waals surface area (Å²) >= 11 is 0. The van der Waals surface area contributed by atoms with Gasteiger partial charge in [-0.05, 0) is 49.7 Å². The maximum Gasteiger partial charge on any atom is 0.338 e. The lowest BCUT2D eigenvalue weighted by molar-refractivity contribution is -0.385. The molecule has 0 heterocycles. The second-order valence-electron chi connectivity index (χ2n) is 10.1. The number of rotatable bonds is 9. The molecule has 0 radical (unpaired) electrons. The van der Waals surface area contributed by atoms with Gasteiger partial charge in [-0.1, -0.05) is 0 Å². The predicted octanol–water partition coefficient (Wildman–Crippen LogP) is 5.24. The molecule has 0 atom stereocenters. The van der Waals surface area contributed by atoms with E-state index in [9.17, 15) is 39.4 Å². The molecule has 2 aromatic carbocycles. The maximum absolute atomic E-state index is 17.0. The molecule has 0 fully saturated rings. The van der Waals surface area contributed by atoms with Crippen molar-refractivity contribution >= 4 is 46.4 Å². The Morgan fingerprint density at radius 2 is 0.913 bits per heavy atom. The van der Waals surface area contributed by atoms with Gasteiger partial charge in [-0.25, -0.2) is 28.0 Å². The van der Waals surface area contributed by atoms with Crippen molar-refractivity contribution in [2.75, 3.05) is 28.4 Å². The molecule has 4 rings (SSSR count). The van der Waals surface area contributed by atoms with Crippen molar-refractivity contribution in [3.8, 4) is 11.1 Å². The lowest BCUT2D eigenvalue weighted by atomic mass is 9.85. The minimum atomic E-state index is -1.59. The minimum absolute atomic E-state index is 0.0492. The average Bonchev–Trinajstić information content (AvgIpc) is 3.73. The van der Waals surface area contributed by atoms with Crippen molar-refractivity contribution < 1.29 is 56.8 Å². The first-order valence-corrected chi connectivity index (χ1v) is 13.6. The number of nitro groups is 2. The van der Waals surface area contributed by atoms with Crippen LogP contribution < -0.4 is 0 Å². The molecule has 242 valence electrons. The van der Waals surface area contributed by atoms with Gasteiger partial charge in [0.15, 0.2) is 0 Å². The standard InChI is InChI=1S/C30H26F2N2O12/c1-43-27(35)15-9-5-7-13(15)21-19(33(39)40)11-17(29(37)45-3)23(25(21)31)24-18(30(38)46-4)12-20(34(41)42)22(26(24)32)14-8-6-10-16(14)28(36)44-2/h11-12H,5-10H2,1-4H3. The van der Waals surface area contributed by atoms with E-state index in [0.29, 0.717) is 12.1 Å². The van der Waals surface area contributed by atoms with Gasteiger partial charge in [-0.2, -0.15) is 0 Å². The van der Waals surface area contributed by atoms with E-state index in [-0.39, 0.29) is 60.8 Å². The van der Waals surface area contributed by atoms with E-state index >= 15 is 8.78 Å². The normalized spacial score (nSPS) is 14.3. The fourth-order valence-corrected chi connectivity index (χ4v) is 5.90. The largest absolute Gasteiger partial charge is 0.466 e. The third kappa shape index (κ3) is 5.57. The van der Waals surface area contributed by atoms with Crippen LogP contribution in [0.3, 0.4) is 0 Å². The fourth-order valence-electron chi connectivity index (χ4n) is 5.90. The molecular formula is C30H26F2N2O12. The number of nitrogens with zero attached hydrogens (tertiary/aromatic N) is 2. The first-order chi connectivity index (χ1) is 21.8. The highest BCUT2D eigenvalue weighted by atomic mass is 19.1. The van der Waals surface area contributed by atoms with Gasteiger partial charge >= 0.3 is 23.9 Å². The van der Waals surface area contributed by atoms with E-state index < -0.39 is 90.1 Å². The Hall–Kier alpha value is -5.54. The molecule has 0 unspecified atom stereocenters. The van der Waals surface area contributed by atoms with Crippen LogP contribution in [0.5, 0.6) is 0 Å². The number of hydrogen-bond donors (Lipinski definition) is 0. The quantitative estimate of drug-likeness (QED) is 0.149. The van der Waals surface area contributed by atoms with Crippen LogP contribution in [0.25, 0.3) is 22.3 Å². The van der Waals surface area contributed by atoms with Crippen LogP contribution >= 0.6 is 0 Å². The molecule has 2 aliphatic carbocycles. The number of esters is 4. The zero-order valence-corrected chi connectivity index (χ0v) is 24.9. The van der Waals surface area contributed by atoms with E-state index in [2.05, 4.69) is 0 Å². The monoisotopic (exact) mass is 644 g/mol. The van der Waals surface area contributed by atoms with Crippen molar-refractivity contribution in [3.63, 3.8) is 0 Å². The van der Waals surface area contributed by atoms with Crippen molar-refractivity contribution in [1.82, 2.24) is 0 Å². The maximum atomic E-state index is 17.0. The number of ether oxygens (including phenoxy) is 4. The van der Waals surface area contributed by atoms with Crippen LogP contribution in [0.2, 0.25) is 0 Å². The zero-order chi connectivity index (χ0) is 34.0. The summed E-state index contributed by atoms with van der Waals surface area (Å²) in [4.78, 5) is 73.5. The number of benzene rings is 2. The molecule has 0 spiro atoms. The number of halogens is 2. The summed E-state index contributed by atoms with van der Waals surface area (Å²) in [5.74, 6) is -7.76. The molecular weight excluding hydrogens is 618 g/mol. The molecule has 46 heavy (non-hydrogen) atoms. The van der Waals surface area contributed by atoms with Gasteiger partial charge < -0.3 is 18.9 Å². The Morgan fingerprint density at radius 3 is 1.20 bits per heavy atom. The lowest BCUT2D eigenvalue weighted by Crippen LogP contribution is -2.16. The zero-order valence-electron chi connectivity index (χ0n) is 24.9. The van der Waals surface area contributed by atoms with Crippen molar-refractivity contribution in [1.29, 1.82) is 0 Å². The number of allylic oxidation sites excluding steroid dienone is 2. The topological polar surface area (TPSA) is 191 Å². The average molecular weight is 645 g/mol. The van der Waals surface area contributed by atoms with Gasteiger partial charge in [0.25, 0.3) is 11.4 Å². The summed E-state index contributed by atoms with van der Waals surface area (Å²) < 4.78 is 53.1. The summed E-state index contributed by atoms with van der Waals surface area (Å²) in [7, 11) is 3.84. The third-order valence-electron chi connectivity index (χ3n) is 7.85. The number of methoxy groups -OCH3 is 4. The molecule has 0 aromatic heterocycles. The highest BCUT2D eigenvalue weighted by molar-refractivity contribution is 6.08. The molecule has 0 saturated heterocycles. The second-order valence-corrected chi connectivity index (χ2v) is 10.1. The smallest absolute Gasteiger partial charge is 0.338 e. The highest BCUT2D eigenvalue weighted by Crippen LogP contribution is 2.49. The van der Waals surface area contributed by atoms with E-state index in [0.717, 1.165) is 28.4 Å². The van der Waals surface area contributed by atoms with Gasteiger partial charge in [0, 0.05) is 34.4 Å². The summed E-state index contributed by atoms with van der Waals surface area (Å²) in [6, 6.07) is 1.21. The van der Waals surface area contributed by atoms with Crippen LogP contribution in [0.15, 0.2) is 23.3 Å². The van der Waals surface area contributed by atoms with E-state index in [1.807, 2.05) is 0 Å². The van der Waals surface area contributed by atoms with Gasteiger partial charge in [0.1, 0.15) is 11.6 Å². The summed E-state index contributed by atoms with van der Waals surface area (Å²) in [5.41, 5.74) is -7.89. The van der Waals surface area contributed by atoms with Crippen molar-refractivity contribution in [2.24, 2.45) is 0 Å². The Morgan fingerprint density at radius 1 is 0.587 bits per heavy atom. The van der Waals surface area contributed by atoms with Gasteiger partial charge in [-0.15, -0.1) is 0 Å². The number of hydrogen-bond acceptors (Lipinski definition) is 12. The van der Waals surface area contributed by atoms with Crippen molar-refractivity contribution in [3.05, 3.63) is 77.4 Å². The van der Waals surface area contributed by atoms with Crippen LogP contribution in [0.1, 0.15) is 70.4 Å². The third-order valence-corrected chi connectivity index (χ3v) is 7.85. The molecule has 0 saturated carbocycles. The van der Waals surface area contributed by atoms with Crippen LogP contribution in [0.4, 0.5) is 20.2 Å². The number of carbonyl (C=O) groups excluding carboxylic acids is 4. The summed E-state index contributed by atoms with van der Waals surface area (Å²) in [5, 5.41) is 24.5. The number of nitro benzene ring substituents is 2. The Labute approximate surface area is 258 Å². The SMILES string of the molecule is COC(=O)C1=C(c2c([N+](=O)[O-])cc(C(=O)OC)c(-c3c(C(=O)OC)cc([N+](=O)[O-])c(C4=C(C(=O)OC)CCC4)c3F)c2F)CCC1. The van der Waals surface area contributed by atoms with E-state index in [4.69, 9.17) is 18.9 Å². The molecule has 14 nitrogen and oxygen atoms in total. The minimum Gasteiger partial charge on any atom is -0.466 e. The molecule has 2 aromatic rings. The molecule has 2 aliphatic rings. The highest BCUT2D eigenvalue weighted by Gasteiger charge is 2.40. The van der Waals surface area contributed by atoms with E-state index in [1.165, 1.54) is 0 Å². The Balaban J connectivity index is 2.30. The first-order valence-electron chi connectivity index (χ1n) is 13.6. The summed E-state index contributed by atoms with van der Waals surface area (Å²) in [6.07, 6.45) is 0.538. The summed E-state index contributed by atoms with van der Waals surface area (Å²) in [6.45, 7) is 0. The van der Waals surface area contributed by atoms with Gasteiger partial charge in [0.05, 0.1) is 60.5 Å². The van der Waals surface area contributed by atoms with Crippen LogP contribution in [-0.4, -0.2) is 62.2 Å². The Kier molecular flexibility index (Phi) is 9.58. The van der Waals surface area contributed by atoms with Crippen LogP contribution in [-0.2, 0) is 28.5 Å². The van der Waals surface area contributed by atoms with Crippen LogP contribution in [0, 0.1) is 31.9 Å². The molecule has 0 aliphatic heterocycles. The predicted molar refractivity (Wildman–Crippen MR) is 153 cm³/mol. The molecule has 0 amide bonds. The van der Waals surface area contributed by atoms with Crippen molar-refractivity contribution in [2.45, 2.75) is 38.5 Å². The van der Waals surface area contributed by atoms with Gasteiger partial charge in [-0.3, -0.25) is 20.2 Å². The van der Waals surface area contributed by atoms with Gasteiger partial charge in [0.2, 0.25) is 0 Å². The first kappa shape index (κ1) is 33.4. The fraction of sp³-hybridized carbons (Fsp3) is 0.333. The molecule has 0 N–H and O–H groups in total. The van der Waals surface area contributed by atoms with E-state index in [1.54, 1.807) is 0 Å². The second kappa shape index (κ2) is 13.2. The lowest BCUT2D eigenvalue weighted by Gasteiger charge is -2.19. The molecule has 0 bridgehead atoms.